The standard InChI is InChI=1S/C24H42O21/c25-1-8-12(30)16(34)17(35)21(41-8)45-24(20(38)15(33)11(4-28)44-24)7-40-23(19(37)14(32)10(3-27)43-23)6-39-22(5-29)18(36)13(31)9(2-26)42-22/h8-21,25-38H,1-7H2/t8-,9-,10-,11-,12-,13-,14-,15-,16+,17-,18+,19+,20+,21-,22+,23-,24+/m1/s1. The van der Waals surface area contributed by atoms with Gasteiger partial charge in [0.25, 0.3) is 0 Å². The zero-order valence-corrected chi connectivity index (χ0v) is 23.7. The van der Waals surface area contributed by atoms with Gasteiger partial charge >= 0.3 is 0 Å². The quantitative estimate of drug-likeness (QED) is 0.0867. The Balaban J connectivity index is 1.65. The molecule has 0 aromatic rings. The van der Waals surface area contributed by atoms with E-state index in [1.807, 2.05) is 0 Å². The molecule has 4 heterocycles. The summed E-state index contributed by atoms with van der Waals surface area (Å²) in [5.41, 5.74) is 0. The van der Waals surface area contributed by atoms with E-state index in [-0.39, 0.29) is 0 Å². The van der Waals surface area contributed by atoms with Crippen LogP contribution in [0.15, 0.2) is 0 Å². The first-order chi connectivity index (χ1) is 21.2. The highest BCUT2D eigenvalue weighted by molar-refractivity contribution is 5.03. The highest BCUT2D eigenvalue weighted by Gasteiger charge is 2.64. The van der Waals surface area contributed by atoms with Crippen molar-refractivity contribution >= 4 is 0 Å². The molecule has 0 bridgehead atoms. The fourth-order valence-electron chi connectivity index (χ4n) is 5.65. The van der Waals surface area contributed by atoms with Gasteiger partial charge in [0.1, 0.15) is 99.2 Å². The second kappa shape index (κ2) is 14.3. The molecule has 0 unspecified atom stereocenters. The summed E-state index contributed by atoms with van der Waals surface area (Å²) in [5, 5.41) is 143. The molecule has 21 heteroatoms. The van der Waals surface area contributed by atoms with Gasteiger partial charge in [0, 0.05) is 0 Å². The number of aliphatic hydroxyl groups excluding tert-OH is 14. The largest absolute Gasteiger partial charge is 0.394 e. The monoisotopic (exact) mass is 666 g/mol. The Kier molecular flexibility index (Phi) is 11.8. The van der Waals surface area contributed by atoms with Crippen LogP contribution in [0, 0.1) is 0 Å². The average molecular weight is 667 g/mol. The Labute approximate surface area is 254 Å². The van der Waals surface area contributed by atoms with Gasteiger partial charge in [-0.2, -0.15) is 0 Å². The lowest BCUT2D eigenvalue weighted by Gasteiger charge is -2.44. The van der Waals surface area contributed by atoms with E-state index in [0.717, 1.165) is 0 Å². The van der Waals surface area contributed by atoms with Gasteiger partial charge in [0.2, 0.25) is 17.4 Å². The van der Waals surface area contributed by atoms with Crippen molar-refractivity contribution in [2.75, 3.05) is 46.2 Å². The van der Waals surface area contributed by atoms with E-state index < -0.39 is 149 Å². The van der Waals surface area contributed by atoms with Crippen molar-refractivity contribution in [3.63, 3.8) is 0 Å². The van der Waals surface area contributed by atoms with Crippen LogP contribution < -0.4 is 0 Å². The number of hydrogen-bond acceptors (Lipinski definition) is 21. The number of aliphatic hydroxyl groups is 14. The van der Waals surface area contributed by atoms with Gasteiger partial charge in [0.05, 0.1) is 26.4 Å². The Morgan fingerprint density at radius 2 is 0.844 bits per heavy atom. The third-order valence-electron chi connectivity index (χ3n) is 8.48. The van der Waals surface area contributed by atoms with E-state index in [1.54, 1.807) is 0 Å². The van der Waals surface area contributed by atoms with Crippen LogP contribution in [0.5, 0.6) is 0 Å². The van der Waals surface area contributed by atoms with Gasteiger partial charge in [-0.05, 0) is 0 Å². The molecule has 0 radical (unpaired) electrons. The molecule has 0 aliphatic carbocycles. The summed E-state index contributed by atoms with van der Waals surface area (Å²) in [7, 11) is 0. The lowest BCUT2D eigenvalue weighted by atomic mass is 9.99. The van der Waals surface area contributed by atoms with Crippen LogP contribution >= 0.6 is 0 Å². The second-order valence-corrected chi connectivity index (χ2v) is 11.3. The molecule has 4 fully saturated rings. The van der Waals surface area contributed by atoms with Crippen molar-refractivity contribution in [3.05, 3.63) is 0 Å². The van der Waals surface area contributed by atoms with Gasteiger partial charge in [-0.15, -0.1) is 0 Å². The maximum Gasteiger partial charge on any atom is 0.224 e. The molecule has 45 heavy (non-hydrogen) atoms. The van der Waals surface area contributed by atoms with Crippen molar-refractivity contribution in [2.24, 2.45) is 0 Å². The lowest BCUT2D eigenvalue weighted by Crippen LogP contribution is -2.63. The summed E-state index contributed by atoms with van der Waals surface area (Å²) in [4.78, 5) is 0. The predicted octanol–water partition coefficient (Wildman–Crippen LogP) is -9.74. The smallest absolute Gasteiger partial charge is 0.224 e. The van der Waals surface area contributed by atoms with Gasteiger partial charge < -0.3 is 105 Å². The van der Waals surface area contributed by atoms with E-state index in [0.29, 0.717) is 0 Å². The van der Waals surface area contributed by atoms with Crippen LogP contribution in [-0.4, -0.2) is 221 Å². The molecular formula is C24H42O21. The molecule has 4 aliphatic rings. The number of rotatable bonds is 13. The van der Waals surface area contributed by atoms with Gasteiger partial charge in [-0.25, -0.2) is 0 Å². The number of hydrogen-bond donors (Lipinski definition) is 14. The lowest BCUT2D eigenvalue weighted by molar-refractivity contribution is -0.404. The summed E-state index contributed by atoms with van der Waals surface area (Å²) in [6, 6.07) is 0. The summed E-state index contributed by atoms with van der Waals surface area (Å²) in [5.74, 6) is -7.73. The summed E-state index contributed by atoms with van der Waals surface area (Å²) >= 11 is 0. The van der Waals surface area contributed by atoms with Crippen molar-refractivity contribution in [3.8, 4) is 0 Å². The average Bonchev–Trinajstić information content (AvgIpc) is 3.55. The minimum absolute atomic E-state index is 0.809. The third kappa shape index (κ3) is 6.49. The van der Waals surface area contributed by atoms with E-state index >= 15 is 0 Å². The van der Waals surface area contributed by atoms with Crippen LogP contribution in [0.25, 0.3) is 0 Å². The topological polar surface area (TPSA) is 348 Å². The summed E-state index contributed by atoms with van der Waals surface area (Å²) in [6.45, 7) is -6.84. The molecule has 4 aliphatic heterocycles. The fraction of sp³-hybridized carbons (Fsp3) is 1.00. The number of ether oxygens (including phenoxy) is 7. The zero-order chi connectivity index (χ0) is 33.5. The second-order valence-electron chi connectivity index (χ2n) is 11.3. The first kappa shape index (κ1) is 37.0. The molecular weight excluding hydrogens is 624 g/mol. The molecule has 17 atom stereocenters. The molecule has 4 rings (SSSR count). The fourth-order valence-corrected chi connectivity index (χ4v) is 5.65. The minimum atomic E-state index is -2.67. The molecule has 4 saturated heterocycles. The first-order valence-corrected chi connectivity index (χ1v) is 14.0. The van der Waals surface area contributed by atoms with Crippen LogP contribution in [-0.2, 0) is 33.2 Å². The van der Waals surface area contributed by atoms with E-state index in [2.05, 4.69) is 0 Å². The van der Waals surface area contributed by atoms with Gasteiger partial charge in [0.15, 0.2) is 6.29 Å². The van der Waals surface area contributed by atoms with E-state index in [9.17, 15) is 71.5 Å². The molecule has 0 spiro atoms. The molecule has 0 saturated carbocycles. The van der Waals surface area contributed by atoms with Crippen molar-refractivity contribution in [1.29, 1.82) is 0 Å². The Hall–Kier alpha value is -0.840. The predicted molar refractivity (Wildman–Crippen MR) is 134 cm³/mol. The molecule has 0 aromatic heterocycles. The molecule has 21 nitrogen and oxygen atoms in total. The minimum Gasteiger partial charge on any atom is -0.394 e. The maximum atomic E-state index is 11.0. The first-order valence-electron chi connectivity index (χ1n) is 14.0. The Bertz CT molecular complexity index is 962. The Morgan fingerprint density at radius 3 is 1.31 bits per heavy atom. The SMILES string of the molecule is OC[C@H]1O[C@](CO)(OC[C@@]2(OC[C@@]3(O[C@H]4O[C@H](CO)[C@@H](O)[C@H](O)[C@H]4O)O[C@H](CO)[C@@H](O)[C@@H]3O)O[C@H](CO)[C@@H](O)[C@@H]2O)[C@@H](O)[C@@H]1O. The summed E-state index contributed by atoms with van der Waals surface area (Å²) in [6.07, 6.45) is -25.6. The van der Waals surface area contributed by atoms with Gasteiger partial charge in [-0.3, -0.25) is 0 Å². The molecule has 14 N–H and O–H groups in total. The van der Waals surface area contributed by atoms with Crippen LogP contribution in [0.3, 0.4) is 0 Å². The third-order valence-corrected chi connectivity index (χ3v) is 8.48. The van der Waals surface area contributed by atoms with Crippen LogP contribution in [0.1, 0.15) is 0 Å². The maximum absolute atomic E-state index is 11.0. The Morgan fingerprint density at radius 1 is 0.444 bits per heavy atom. The van der Waals surface area contributed by atoms with Crippen molar-refractivity contribution in [2.45, 2.75) is 103 Å². The summed E-state index contributed by atoms with van der Waals surface area (Å²) < 4.78 is 38.7. The zero-order valence-electron chi connectivity index (χ0n) is 23.7. The molecule has 0 aromatic carbocycles. The van der Waals surface area contributed by atoms with Crippen LogP contribution in [0.4, 0.5) is 0 Å². The highest BCUT2D eigenvalue weighted by Crippen LogP contribution is 2.41. The van der Waals surface area contributed by atoms with E-state index in [4.69, 9.17) is 33.2 Å². The van der Waals surface area contributed by atoms with E-state index in [1.165, 1.54) is 0 Å². The molecule has 0 amide bonds. The highest BCUT2D eigenvalue weighted by atomic mass is 16.8. The van der Waals surface area contributed by atoms with Gasteiger partial charge in [-0.1, -0.05) is 0 Å². The molecule has 264 valence electrons. The van der Waals surface area contributed by atoms with Crippen molar-refractivity contribution < 1.29 is 105 Å². The normalized spacial score (nSPS) is 52.1. The van der Waals surface area contributed by atoms with Crippen molar-refractivity contribution in [1.82, 2.24) is 0 Å². The van der Waals surface area contributed by atoms with Crippen LogP contribution in [0.2, 0.25) is 0 Å².